The molecule has 0 radical (unpaired) electrons. The molecule has 2 bridgehead atoms. The highest BCUT2D eigenvalue weighted by Gasteiger charge is 2.67. The van der Waals surface area contributed by atoms with Gasteiger partial charge in [-0.1, -0.05) is 20.8 Å². The molecule has 0 unspecified atom stereocenters. The zero-order valence-electron chi connectivity index (χ0n) is 12.4. The Balaban J connectivity index is 2.28. The first-order valence-corrected chi connectivity index (χ1v) is 10.2. The summed E-state index contributed by atoms with van der Waals surface area (Å²) in [6.07, 6.45) is 2.24. The van der Waals surface area contributed by atoms with E-state index in [4.69, 9.17) is 8.37 Å². The van der Waals surface area contributed by atoms with Crippen molar-refractivity contribution in [3.63, 3.8) is 0 Å². The van der Waals surface area contributed by atoms with Gasteiger partial charge in [-0.05, 0) is 24.2 Å². The third kappa shape index (κ3) is 2.63. The molecule has 2 aliphatic rings. The molecular formula is C12H22O6S2. The highest BCUT2D eigenvalue weighted by molar-refractivity contribution is 7.86. The van der Waals surface area contributed by atoms with Gasteiger partial charge in [0.15, 0.2) is 0 Å². The van der Waals surface area contributed by atoms with Crippen LogP contribution >= 0.6 is 0 Å². The number of fused-ring (bicyclic) bond motifs is 2. The molecule has 2 fully saturated rings. The lowest BCUT2D eigenvalue weighted by atomic mass is 9.70. The van der Waals surface area contributed by atoms with E-state index in [1.165, 1.54) is 0 Å². The van der Waals surface area contributed by atoms with Crippen LogP contribution in [0.5, 0.6) is 0 Å². The maximum absolute atomic E-state index is 11.4. The van der Waals surface area contributed by atoms with E-state index < -0.39 is 37.9 Å². The topological polar surface area (TPSA) is 86.7 Å². The van der Waals surface area contributed by atoms with Gasteiger partial charge in [0, 0.05) is 5.41 Å². The van der Waals surface area contributed by atoms with Crippen molar-refractivity contribution in [3.8, 4) is 0 Å². The molecule has 0 amide bonds. The Morgan fingerprint density at radius 3 is 1.80 bits per heavy atom. The molecule has 8 heteroatoms. The first-order valence-electron chi connectivity index (χ1n) is 6.53. The zero-order chi connectivity index (χ0) is 15.6. The Morgan fingerprint density at radius 1 is 0.950 bits per heavy atom. The maximum atomic E-state index is 11.4. The predicted octanol–water partition coefficient (Wildman–Crippen LogP) is 1.13. The summed E-state index contributed by atoms with van der Waals surface area (Å²) < 4.78 is 55.8. The molecule has 0 aromatic heterocycles. The summed E-state index contributed by atoms with van der Waals surface area (Å²) in [6.45, 7) is 6.00. The highest BCUT2D eigenvalue weighted by Crippen LogP contribution is 2.67. The molecule has 0 spiro atoms. The minimum Gasteiger partial charge on any atom is -0.267 e. The average Bonchev–Trinajstić information content (AvgIpc) is 2.43. The van der Waals surface area contributed by atoms with Crippen LogP contribution in [-0.2, 0) is 28.6 Å². The molecule has 0 aromatic rings. The summed E-state index contributed by atoms with van der Waals surface area (Å²) in [5.41, 5.74) is -0.659. The molecule has 0 N–H and O–H groups in total. The van der Waals surface area contributed by atoms with Gasteiger partial charge in [0.25, 0.3) is 20.2 Å². The fourth-order valence-corrected chi connectivity index (χ4v) is 5.24. The monoisotopic (exact) mass is 326 g/mol. The lowest BCUT2D eigenvalue weighted by Crippen LogP contribution is -2.39. The third-order valence-corrected chi connectivity index (χ3v) is 6.42. The Morgan fingerprint density at radius 2 is 1.45 bits per heavy atom. The molecule has 20 heavy (non-hydrogen) atoms. The van der Waals surface area contributed by atoms with Crippen LogP contribution in [0.2, 0.25) is 0 Å². The van der Waals surface area contributed by atoms with Gasteiger partial charge >= 0.3 is 0 Å². The Hall–Kier alpha value is -0.180. The summed E-state index contributed by atoms with van der Waals surface area (Å²) >= 11 is 0. The van der Waals surface area contributed by atoms with E-state index in [2.05, 4.69) is 0 Å². The second-order valence-electron chi connectivity index (χ2n) is 6.81. The second kappa shape index (κ2) is 4.41. The minimum atomic E-state index is -3.53. The van der Waals surface area contributed by atoms with Gasteiger partial charge in [0.2, 0.25) is 0 Å². The molecule has 0 heterocycles. The van der Waals surface area contributed by atoms with E-state index >= 15 is 0 Å². The first kappa shape index (κ1) is 16.2. The lowest BCUT2D eigenvalue weighted by Gasteiger charge is -2.38. The smallest absolute Gasteiger partial charge is 0.264 e. The number of hydrogen-bond acceptors (Lipinski definition) is 6. The predicted molar refractivity (Wildman–Crippen MR) is 74.0 cm³/mol. The third-order valence-electron chi connectivity index (χ3n) is 5.24. The van der Waals surface area contributed by atoms with Gasteiger partial charge in [0.1, 0.15) is 0 Å². The molecule has 6 nitrogen and oxygen atoms in total. The van der Waals surface area contributed by atoms with Gasteiger partial charge in [-0.15, -0.1) is 0 Å². The van der Waals surface area contributed by atoms with E-state index in [9.17, 15) is 16.8 Å². The molecule has 2 aliphatic carbocycles. The van der Waals surface area contributed by atoms with Crippen molar-refractivity contribution in [1.29, 1.82) is 0 Å². The van der Waals surface area contributed by atoms with Crippen LogP contribution in [0.3, 0.4) is 0 Å². The summed E-state index contributed by atoms with van der Waals surface area (Å²) in [7, 11) is -7.05. The molecule has 4 atom stereocenters. The van der Waals surface area contributed by atoms with Crippen LogP contribution in [0, 0.1) is 16.7 Å². The van der Waals surface area contributed by atoms with E-state index in [1.54, 1.807) is 0 Å². The van der Waals surface area contributed by atoms with E-state index in [1.807, 2.05) is 20.8 Å². The van der Waals surface area contributed by atoms with E-state index in [0.717, 1.165) is 12.5 Å². The summed E-state index contributed by atoms with van der Waals surface area (Å²) in [4.78, 5) is 0. The van der Waals surface area contributed by atoms with E-state index in [-0.39, 0.29) is 11.3 Å². The molecule has 0 saturated heterocycles. The lowest BCUT2D eigenvalue weighted by molar-refractivity contribution is 0.0198. The van der Waals surface area contributed by atoms with Crippen LogP contribution in [0.25, 0.3) is 0 Å². The van der Waals surface area contributed by atoms with Gasteiger partial charge in [-0.2, -0.15) is 16.8 Å². The average molecular weight is 326 g/mol. The fraction of sp³-hybridized carbons (Fsp3) is 1.00. The number of hydrogen-bond donors (Lipinski definition) is 0. The Labute approximate surface area is 121 Å². The van der Waals surface area contributed by atoms with Crippen molar-refractivity contribution in [3.05, 3.63) is 0 Å². The SMILES string of the molecule is CC1(C)[C@H]2C[C@@H](OS(C)(=O)=O)[C@]1(C)C[C@@H]2OS(C)(=O)=O. The molecule has 2 saturated carbocycles. The van der Waals surface area contributed by atoms with Crippen LogP contribution in [0.4, 0.5) is 0 Å². The van der Waals surface area contributed by atoms with Gasteiger partial charge in [-0.25, -0.2) is 0 Å². The van der Waals surface area contributed by atoms with Crippen molar-refractivity contribution >= 4 is 20.2 Å². The molecule has 118 valence electrons. The van der Waals surface area contributed by atoms with Crippen molar-refractivity contribution in [2.24, 2.45) is 16.7 Å². The van der Waals surface area contributed by atoms with Crippen molar-refractivity contribution in [2.75, 3.05) is 12.5 Å². The fourth-order valence-electron chi connectivity index (χ4n) is 3.88. The van der Waals surface area contributed by atoms with Crippen molar-refractivity contribution in [1.82, 2.24) is 0 Å². The Kier molecular flexibility index (Phi) is 3.57. The number of rotatable bonds is 4. The molecular weight excluding hydrogens is 304 g/mol. The van der Waals surface area contributed by atoms with Gasteiger partial charge in [0.05, 0.1) is 24.7 Å². The van der Waals surface area contributed by atoms with Gasteiger partial charge in [-0.3, -0.25) is 8.37 Å². The largest absolute Gasteiger partial charge is 0.267 e. The maximum Gasteiger partial charge on any atom is 0.264 e. The summed E-state index contributed by atoms with van der Waals surface area (Å²) in [6, 6.07) is 0. The van der Waals surface area contributed by atoms with Gasteiger partial charge < -0.3 is 0 Å². The molecule has 2 rings (SSSR count). The van der Waals surface area contributed by atoms with Crippen LogP contribution in [-0.4, -0.2) is 41.6 Å². The molecule has 0 aliphatic heterocycles. The van der Waals surface area contributed by atoms with Crippen molar-refractivity contribution < 1.29 is 25.2 Å². The quantitative estimate of drug-likeness (QED) is 0.720. The molecule has 0 aromatic carbocycles. The zero-order valence-corrected chi connectivity index (χ0v) is 14.0. The highest BCUT2D eigenvalue weighted by atomic mass is 32.2. The van der Waals surface area contributed by atoms with Crippen molar-refractivity contribution in [2.45, 2.75) is 45.8 Å². The second-order valence-corrected chi connectivity index (χ2v) is 10.0. The summed E-state index contributed by atoms with van der Waals surface area (Å²) in [5.74, 6) is -0.0334. The Bertz CT molecular complexity index is 606. The standard InChI is InChI=1S/C12H22O6S2/c1-11(2)8-6-10(18-20(5,15)16)12(11,3)7-9(8)17-19(4,13)14/h8-10H,6-7H2,1-5H3/t8-,9-,10+,12-/m0/s1. The van der Waals surface area contributed by atoms with Crippen LogP contribution in [0.15, 0.2) is 0 Å². The summed E-state index contributed by atoms with van der Waals surface area (Å²) in [5, 5.41) is 0. The first-order chi connectivity index (χ1) is 8.76. The minimum absolute atomic E-state index is 0.0334. The van der Waals surface area contributed by atoms with E-state index in [0.29, 0.717) is 12.8 Å². The van der Waals surface area contributed by atoms with Crippen LogP contribution < -0.4 is 0 Å². The van der Waals surface area contributed by atoms with Crippen LogP contribution in [0.1, 0.15) is 33.6 Å². The normalized spacial score (nSPS) is 40.1.